The number of primary amides is 1. The summed E-state index contributed by atoms with van der Waals surface area (Å²) in [6.07, 6.45) is -0.266. The lowest BCUT2D eigenvalue weighted by Crippen LogP contribution is -2.31. The van der Waals surface area contributed by atoms with Crippen LogP contribution in [0, 0.1) is 0 Å². The van der Waals surface area contributed by atoms with E-state index in [2.05, 4.69) is 5.32 Å². The lowest BCUT2D eigenvalue weighted by atomic mass is 9.92. The summed E-state index contributed by atoms with van der Waals surface area (Å²) < 4.78 is 28.1. The predicted octanol–water partition coefficient (Wildman–Crippen LogP) is 5.83. The molecule has 250 valence electrons. The van der Waals surface area contributed by atoms with E-state index in [9.17, 15) is 24.0 Å². The number of ether oxygens (including phenoxy) is 5. The number of amides is 2. The summed E-state index contributed by atoms with van der Waals surface area (Å²) in [5.41, 5.74) is 4.51. The first-order valence-electron chi connectivity index (χ1n) is 15.0. The fourth-order valence-corrected chi connectivity index (χ4v) is 4.58. The van der Waals surface area contributed by atoms with Crippen LogP contribution in [0.15, 0.2) is 30.3 Å². The van der Waals surface area contributed by atoms with Crippen LogP contribution < -0.4 is 20.5 Å². The Morgan fingerprint density at radius 2 is 1.52 bits per heavy atom. The van der Waals surface area contributed by atoms with E-state index in [1.165, 1.54) is 24.3 Å². The number of aryl methyl sites for hydroxylation is 1. The molecule has 0 bridgehead atoms. The first-order chi connectivity index (χ1) is 21.1. The van der Waals surface area contributed by atoms with Crippen molar-refractivity contribution in [3.8, 4) is 11.5 Å². The summed E-state index contributed by atoms with van der Waals surface area (Å²) in [5.74, 6) is -4.59. The van der Waals surface area contributed by atoms with Crippen LogP contribution >= 0.6 is 0 Å². The Kier molecular flexibility index (Phi) is 10.8. The van der Waals surface area contributed by atoms with Gasteiger partial charge >= 0.3 is 24.0 Å². The van der Waals surface area contributed by atoms with Crippen molar-refractivity contribution >= 4 is 35.6 Å². The molecule has 2 aromatic rings. The van der Waals surface area contributed by atoms with Gasteiger partial charge in [-0.15, -0.1) is 0 Å². The molecule has 46 heavy (non-hydrogen) atoms. The Morgan fingerprint density at radius 1 is 0.891 bits per heavy atom. The molecule has 1 heterocycles. The zero-order chi connectivity index (χ0) is 34.6. The van der Waals surface area contributed by atoms with Crippen molar-refractivity contribution in [3.63, 3.8) is 0 Å². The van der Waals surface area contributed by atoms with Gasteiger partial charge in [0, 0.05) is 5.69 Å². The number of hydrogen-bond donors (Lipinski definition) is 2. The van der Waals surface area contributed by atoms with Gasteiger partial charge in [-0.1, -0.05) is 0 Å². The smallest absolute Gasteiger partial charge is 0.412 e. The van der Waals surface area contributed by atoms with Gasteiger partial charge in [0.15, 0.2) is 11.5 Å². The zero-order valence-electron chi connectivity index (χ0n) is 28.0. The van der Waals surface area contributed by atoms with Gasteiger partial charge in [0.25, 0.3) is 5.91 Å². The Balaban J connectivity index is 2.06. The second-order valence-electron chi connectivity index (χ2n) is 14.0. The van der Waals surface area contributed by atoms with E-state index in [0.717, 1.165) is 0 Å². The molecule has 0 fully saturated rings. The van der Waals surface area contributed by atoms with Crippen LogP contribution in [0.25, 0.3) is 0 Å². The lowest BCUT2D eigenvalue weighted by molar-refractivity contribution is -0.164. The van der Waals surface area contributed by atoms with Crippen molar-refractivity contribution in [2.24, 2.45) is 5.73 Å². The van der Waals surface area contributed by atoms with Gasteiger partial charge in [-0.25, -0.2) is 9.59 Å². The number of esters is 3. The molecule has 3 N–H and O–H groups in total. The number of benzene rings is 2. The molecule has 12 nitrogen and oxygen atoms in total. The fraction of sp³-hybridized carbons (Fsp3) is 0.500. The SMILES string of the molecule is CC(C)(C)OC(=O)C[C@H](C(=O)OC(C)(C)C)c1cc2c(c(C(N)=O)c1)OCCCc1cc(NC(=O)OC(C)(C)C)ccc1C(=O)O2. The third-order valence-electron chi connectivity index (χ3n) is 6.24. The van der Waals surface area contributed by atoms with Crippen LogP contribution in [0.2, 0.25) is 0 Å². The molecule has 1 atom stereocenters. The van der Waals surface area contributed by atoms with Crippen molar-refractivity contribution < 1.29 is 47.7 Å². The van der Waals surface area contributed by atoms with E-state index in [1.54, 1.807) is 68.4 Å². The number of hydrogen-bond acceptors (Lipinski definition) is 10. The minimum atomic E-state index is -1.24. The first-order valence-corrected chi connectivity index (χ1v) is 15.0. The van der Waals surface area contributed by atoms with Gasteiger partial charge in [0.05, 0.1) is 30.1 Å². The highest BCUT2D eigenvalue weighted by Crippen LogP contribution is 2.39. The minimum Gasteiger partial charge on any atom is -0.489 e. The summed E-state index contributed by atoms with van der Waals surface area (Å²) in [6, 6.07) is 7.39. The molecule has 2 aromatic carbocycles. The van der Waals surface area contributed by atoms with Gasteiger partial charge in [-0.3, -0.25) is 19.7 Å². The molecule has 12 heteroatoms. The van der Waals surface area contributed by atoms with E-state index in [4.69, 9.17) is 29.4 Å². The Hall–Kier alpha value is -4.61. The van der Waals surface area contributed by atoms with Gasteiger partial charge in [0.1, 0.15) is 16.8 Å². The average Bonchev–Trinajstić information content (AvgIpc) is 2.86. The molecule has 0 aromatic heterocycles. The molecule has 2 amide bonds. The first kappa shape index (κ1) is 35.9. The van der Waals surface area contributed by atoms with Gasteiger partial charge in [-0.05, 0) is 117 Å². The van der Waals surface area contributed by atoms with E-state index in [1.807, 2.05) is 0 Å². The predicted molar refractivity (Wildman–Crippen MR) is 169 cm³/mol. The number of nitrogens with one attached hydrogen (secondary N) is 1. The number of carbonyl (C=O) groups excluding carboxylic acids is 5. The number of carbonyl (C=O) groups is 5. The van der Waals surface area contributed by atoms with Crippen LogP contribution in [-0.2, 0) is 30.2 Å². The van der Waals surface area contributed by atoms with Crippen molar-refractivity contribution in [3.05, 3.63) is 52.6 Å². The van der Waals surface area contributed by atoms with E-state index >= 15 is 0 Å². The monoisotopic (exact) mass is 640 g/mol. The van der Waals surface area contributed by atoms with Gasteiger partial charge < -0.3 is 29.4 Å². The number of fused-ring (bicyclic) bond motifs is 2. The molecule has 0 radical (unpaired) electrons. The standard InChI is InChI=1S/C34H44N2O10/c1-32(2,3)44-26(37)18-23(30(40)45-33(4,5)6)20-16-24(28(35)38)27-25(17-20)43-29(39)22-13-12-21(15-19(22)11-10-14-42-27)36-31(41)46-34(7,8)9/h12-13,15-17,23H,10-11,14,18H2,1-9H3,(H2,35,38)(H,36,41)/t23-/m0/s1. The Labute approximate surface area is 269 Å². The van der Waals surface area contributed by atoms with Crippen LogP contribution in [0.4, 0.5) is 10.5 Å². The average molecular weight is 641 g/mol. The maximum Gasteiger partial charge on any atom is 0.412 e. The molecule has 3 rings (SSSR count). The topological polar surface area (TPSA) is 170 Å². The maximum absolute atomic E-state index is 13.6. The molecule has 0 saturated carbocycles. The highest BCUT2D eigenvalue weighted by molar-refractivity contribution is 5.99. The third kappa shape index (κ3) is 10.5. The molecule has 0 unspecified atom stereocenters. The largest absolute Gasteiger partial charge is 0.489 e. The normalized spacial score (nSPS) is 14.3. The Bertz CT molecular complexity index is 1510. The second kappa shape index (κ2) is 13.8. The van der Waals surface area contributed by atoms with Crippen LogP contribution in [0.5, 0.6) is 11.5 Å². The molecule has 1 aliphatic rings. The Morgan fingerprint density at radius 3 is 2.11 bits per heavy atom. The molecule has 0 spiro atoms. The number of anilines is 1. The molecular weight excluding hydrogens is 596 g/mol. The summed E-state index contributed by atoms with van der Waals surface area (Å²) in [4.78, 5) is 64.8. The number of nitrogens with two attached hydrogens (primary N) is 1. The van der Waals surface area contributed by atoms with Crippen LogP contribution in [-0.4, -0.2) is 53.3 Å². The summed E-state index contributed by atoms with van der Waals surface area (Å²) in [7, 11) is 0. The molecule has 0 saturated heterocycles. The zero-order valence-corrected chi connectivity index (χ0v) is 28.0. The quantitative estimate of drug-likeness (QED) is 0.222. The summed E-state index contributed by atoms with van der Waals surface area (Å²) >= 11 is 0. The van der Waals surface area contributed by atoms with Crippen LogP contribution in [0.3, 0.4) is 0 Å². The van der Waals surface area contributed by atoms with Gasteiger partial charge in [-0.2, -0.15) is 0 Å². The second-order valence-corrected chi connectivity index (χ2v) is 14.0. The fourth-order valence-electron chi connectivity index (χ4n) is 4.58. The van der Waals surface area contributed by atoms with E-state index < -0.39 is 59.1 Å². The molecule has 0 aliphatic carbocycles. The van der Waals surface area contributed by atoms with E-state index in [-0.39, 0.29) is 34.8 Å². The third-order valence-corrected chi connectivity index (χ3v) is 6.24. The molecule has 1 aliphatic heterocycles. The number of rotatable bonds is 6. The summed E-state index contributed by atoms with van der Waals surface area (Å²) in [5, 5.41) is 2.66. The summed E-state index contributed by atoms with van der Waals surface area (Å²) in [6.45, 7) is 15.5. The maximum atomic E-state index is 13.6. The highest BCUT2D eigenvalue weighted by Gasteiger charge is 2.34. The van der Waals surface area contributed by atoms with Gasteiger partial charge in [0.2, 0.25) is 0 Å². The van der Waals surface area contributed by atoms with Crippen molar-refractivity contribution in [1.82, 2.24) is 0 Å². The highest BCUT2D eigenvalue weighted by atomic mass is 16.6. The van der Waals surface area contributed by atoms with Crippen molar-refractivity contribution in [2.45, 2.75) is 104 Å². The van der Waals surface area contributed by atoms with Crippen molar-refractivity contribution in [1.29, 1.82) is 0 Å². The molecular formula is C34H44N2O10. The van der Waals surface area contributed by atoms with E-state index in [0.29, 0.717) is 24.1 Å². The van der Waals surface area contributed by atoms with Crippen LogP contribution in [0.1, 0.15) is 113 Å². The minimum absolute atomic E-state index is 0.0727. The lowest BCUT2D eigenvalue weighted by Gasteiger charge is -2.26. The van der Waals surface area contributed by atoms with Crippen molar-refractivity contribution in [2.75, 3.05) is 11.9 Å².